The minimum absolute atomic E-state index is 0.0976. The van der Waals surface area contributed by atoms with E-state index in [0.717, 1.165) is 41.8 Å². The number of rotatable bonds is 4. The summed E-state index contributed by atoms with van der Waals surface area (Å²) in [4.78, 5) is 25.5. The van der Waals surface area contributed by atoms with Crippen molar-refractivity contribution in [1.29, 1.82) is 0 Å². The van der Waals surface area contributed by atoms with Gasteiger partial charge in [0, 0.05) is 35.8 Å². The molecule has 0 radical (unpaired) electrons. The third-order valence-electron chi connectivity index (χ3n) is 6.39. The molecule has 3 atom stereocenters. The lowest BCUT2D eigenvalue weighted by molar-refractivity contribution is -0.120. The van der Waals surface area contributed by atoms with Gasteiger partial charge < -0.3 is 10.1 Å². The van der Waals surface area contributed by atoms with Crippen LogP contribution in [0, 0.1) is 19.8 Å². The number of carbonyl (C=O) groups excluding carboxylic acids is 1. The summed E-state index contributed by atoms with van der Waals surface area (Å²) in [5.74, 6) is 1.09. The normalized spacial score (nSPS) is 25.8. The molecule has 1 saturated heterocycles. The van der Waals surface area contributed by atoms with Crippen molar-refractivity contribution in [3.05, 3.63) is 47.4 Å². The molecule has 170 valence electrons. The van der Waals surface area contributed by atoms with Crippen molar-refractivity contribution in [2.75, 3.05) is 0 Å². The number of amides is 1. The molecule has 2 aromatic rings. The smallest absolute Gasteiger partial charge is 0.247 e. The fourth-order valence-corrected chi connectivity index (χ4v) is 4.98. The number of nitrogens with zero attached hydrogens (tertiary/aromatic N) is 5. The third-order valence-corrected chi connectivity index (χ3v) is 6.39. The Labute approximate surface area is 189 Å². The number of hydrogen-bond acceptors (Lipinski definition) is 6. The first-order valence-electron chi connectivity index (χ1n) is 11.3. The number of carbonyl (C=O) groups is 1. The highest BCUT2D eigenvalue weighted by molar-refractivity contribution is 6.01. The predicted octanol–water partition coefficient (Wildman–Crippen LogP) is 3.56. The van der Waals surface area contributed by atoms with Crippen LogP contribution in [0.5, 0.6) is 0 Å². The highest BCUT2D eigenvalue weighted by Crippen LogP contribution is 2.36. The summed E-state index contributed by atoms with van der Waals surface area (Å²) in [5, 5.41) is 7.68. The zero-order chi connectivity index (χ0) is 22.8. The Morgan fingerprint density at radius 3 is 2.50 bits per heavy atom. The van der Waals surface area contributed by atoms with Gasteiger partial charge >= 0.3 is 0 Å². The summed E-state index contributed by atoms with van der Waals surface area (Å²) in [6.07, 6.45) is 10.1. The van der Waals surface area contributed by atoms with Gasteiger partial charge in [-0.25, -0.2) is 15.0 Å². The Hall–Kier alpha value is -2.87. The molecule has 4 heterocycles. The zero-order valence-corrected chi connectivity index (χ0v) is 19.5. The highest BCUT2D eigenvalue weighted by atomic mass is 16.5. The van der Waals surface area contributed by atoms with Crippen LogP contribution in [-0.2, 0) is 16.1 Å². The first-order chi connectivity index (χ1) is 15.3. The number of ether oxygens (including phenoxy) is 1. The standard InChI is InChI=1S/C24H32N6O2/c1-14-6-20(21-9-25-13-26-10-21)11-27-24(14)28-22(31)12-30-18(5)23(17(4)29-30)19-7-15(2)32-16(3)8-19/h9-11,13-16,19H,6-8,12H2,1-5H3,(H,27,28,31). The quantitative estimate of drug-likeness (QED) is 0.791. The van der Waals surface area contributed by atoms with E-state index >= 15 is 0 Å². The van der Waals surface area contributed by atoms with Gasteiger partial charge in [0.1, 0.15) is 18.7 Å². The van der Waals surface area contributed by atoms with E-state index in [1.165, 1.54) is 11.9 Å². The molecule has 1 amide bonds. The molecule has 0 bridgehead atoms. The summed E-state index contributed by atoms with van der Waals surface area (Å²) in [6, 6.07) is 0. The van der Waals surface area contributed by atoms with E-state index in [1.807, 2.05) is 11.6 Å². The topological polar surface area (TPSA) is 94.3 Å². The Balaban J connectivity index is 1.45. The highest BCUT2D eigenvalue weighted by Gasteiger charge is 2.30. The maximum atomic E-state index is 12.8. The largest absolute Gasteiger partial charge is 0.376 e. The van der Waals surface area contributed by atoms with E-state index < -0.39 is 0 Å². The lowest BCUT2D eigenvalue weighted by atomic mass is 9.85. The summed E-state index contributed by atoms with van der Waals surface area (Å²) in [7, 11) is 0. The Kier molecular flexibility index (Phi) is 6.50. The fourth-order valence-electron chi connectivity index (χ4n) is 4.98. The maximum absolute atomic E-state index is 12.8. The molecule has 32 heavy (non-hydrogen) atoms. The molecule has 2 aliphatic rings. The van der Waals surface area contributed by atoms with E-state index in [0.29, 0.717) is 11.8 Å². The van der Waals surface area contributed by atoms with Gasteiger partial charge in [0.15, 0.2) is 0 Å². The van der Waals surface area contributed by atoms with Gasteiger partial charge in [-0.3, -0.25) is 9.48 Å². The SMILES string of the molecule is Cc1nn(CC(=O)NC2=NC=C(c3cncnc3)CC2C)c(C)c1C1CC(C)OC(C)C1. The van der Waals surface area contributed by atoms with E-state index in [2.05, 4.69) is 53.1 Å². The second-order valence-electron chi connectivity index (χ2n) is 9.12. The molecule has 1 N–H and O–H groups in total. The van der Waals surface area contributed by atoms with E-state index in [1.54, 1.807) is 18.6 Å². The maximum Gasteiger partial charge on any atom is 0.247 e. The average Bonchev–Trinajstić information content (AvgIpc) is 3.02. The summed E-state index contributed by atoms with van der Waals surface area (Å²) < 4.78 is 7.72. The van der Waals surface area contributed by atoms with Crippen LogP contribution >= 0.6 is 0 Å². The predicted molar refractivity (Wildman–Crippen MR) is 123 cm³/mol. The van der Waals surface area contributed by atoms with Gasteiger partial charge in [-0.15, -0.1) is 0 Å². The molecule has 0 aromatic carbocycles. The monoisotopic (exact) mass is 436 g/mol. The number of aromatic nitrogens is 4. The number of amidine groups is 1. The van der Waals surface area contributed by atoms with E-state index in [-0.39, 0.29) is 30.6 Å². The van der Waals surface area contributed by atoms with Crippen LogP contribution < -0.4 is 5.32 Å². The van der Waals surface area contributed by atoms with Crippen LogP contribution in [0.1, 0.15) is 68.5 Å². The van der Waals surface area contributed by atoms with Crippen LogP contribution in [0.4, 0.5) is 0 Å². The molecule has 0 saturated carbocycles. The lowest BCUT2D eigenvalue weighted by Gasteiger charge is -2.32. The first kappa shape index (κ1) is 22.3. The second-order valence-corrected chi connectivity index (χ2v) is 9.12. The fraction of sp³-hybridized carbons (Fsp3) is 0.542. The first-order valence-corrected chi connectivity index (χ1v) is 11.3. The minimum Gasteiger partial charge on any atom is -0.376 e. The number of nitrogens with one attached hydrogen (secondary N) is 1. The van der Waals surface area contributed by atoms with E-state index in [4.69, 9.17) is 4.74 Å². The van der Waals surface area contributed by atoms with Crippen molar-refractivity contribution >= 4 is 17.3 Å². The van der Waals surface area contributed by atoms with Crippen LogP contribution in [0.3, 0.4) is 0 Å². The van der Waals surface area contributed by atoms with Crippen molar-refractivity contribution in [1.82, 2.24) is 25.1 Å². The van der Waals surface area contributed by atoms with Gasteiger partial charge in [0.25, 0.3) is 0 Å². The molecule has 8 nitrogen and oxygen atoms in total. The summed E-state index contributed by atoms with van der Waals surface area (Å²) >= 11 is 0. The van der Waals surface area contributed by atoms with Crippen molar-refractivity contribution in [3.63, 3.8) is 0 Å². The molecule has 8 heteroatoms. The van der Waals surface area contributed by atoms with Crippen LogP contribution in [0.15, 0.2) is 29.9 Å². The third kappa shape index (κ3) is 4.80. The van der Waals surface area contributed by atoms with Crippen LogP contribution in [0.2, 0.25) is 0 Å². The summed E-state index contributed by atoms with van der Waals surface area (Å²) in [5.41, 5.74) is 5.36. The number of hydrogen-bond donors (Lipinski definition) is 1. The molecule has 0 spiro atoms. The van der Waals surface area contributed by atoms with Crippen molar-refractivity contribution in [3.8, 4) is 0 Å². The molecule has 2 aliphatic heterocycles. The molecule has 1 fully saturated rings. The van der Waals surface area contributed by atoms with Crippen molar-refractivity contribution in [2.45, 2.75) is 78.6 Å². The molecular weight excluding hydrogens is 404 g/mol. The van der Waals surface area contributed by atoms with Crippen molar-refractivity contribution < 1.29 is 9.53 Å². The zero-order valence-electron chi connectivity index (χ0n) is 19.5. The minimum atomic E-state index is -0.110. The number of aryl methyl sites for hydroxylation is 1. The van der Waals surface area contributed by atoms with Gasteiger partial charge in [0.2, 0.25) is 5.91 Å². The van der Waals surface area contributed by atoms with Crippen LogP contribution in [-0.4, -0.2) is 43.7 Å². The Morgan fingerprint density at radius 2 is 1.84 bits per heavy atom. The summed E-state index contributed by atoms with van der Waals surface area (Å²) in [6.45, 7) is 10.6. The Morgan fingerprint density at radius 1 is 1.16 bits per heavy atom. The molecular formula is C24H32N6O2. The molecule has 2 aromatic heterocycles. The van der Waals surface area contributed by atoms with E-state index in [9.17, 15) is 4.79 Å². The van der Waals surface area contributed by atoms with Crippen LogP contribution in [0.25, 0.3) is 5.57 Å². The lowest BCUT2D eigenvalue weighted by Crippen LogP contribution is -2.38. The Bertz CT molecular complexity index is 1030. The number of allylic oxidation sites excluding steroid dienone is 1. The molecule has 3 unspecified atom stereocenters. The van der Waals surface area contributed by atoms with Gasteiger partial charge in [-0.05, 0) is 64.0 Å². The number of aliphatic imine (C=N–C) groups is 1. The molecule has 0 aliphatic carbocycles. The molecule has 4 rings (SSSR count). The van der Waals surface area contributed by atoms with Gasteiger partial charge in [0.05, 0.1) is 17.9 Å². The van der Waals surface area contributed by atoms with Gasteiger partial charge in [-0.2, -0.15) is 5.10 Å². The second kappa shape index (κ2) is 9.32. The van der Waals surface area contributed by atoms with Gasteiger partial charge in [-0.1, -0.05) is 6.92 Å². The average molecular weight is 437 g/mol. The van der Waals surface area contributed by atoms with Crippen molar-refractivity contribution in [2.24, 2.45) is 10.9 Å².